The van der Waals surface area contributed by atoms with Crippen LogP contribution < -0.4 is 5.73 Å². The maximum Gasteiger partial charge on any atom is 0.360 e. The normalized spacial score (nSPS) is 16.4. The monoisotopic (exact) mass is 265 g/mol. The van der Waals surface area contributed by atoms with Crippen molar-refractivity contribution in [2.45, 2.75) is 46.6 Å². The average Bonchev–Trinajstić information content (AvgIpc) is 3.17. The summed E-state index contributed by atoms with van der Waals surface area (Å²) in [6.45, 7) is 7.22. The van der Waals surface area contributed by atoms with Gasteiger partial charge in [-0.3, -0.25) is 0 Å². The van der Waals surface area contributed by atoms with Gasteiger partial charge in [-0.15, -0.1) is 0 Å². The number of carbonyl (C=O) groups excluding carboxylic acids is 1. The SMILES string of the molecule is CCOC(=O)c1nc(CC)n(CC(C)C2CC2)c1N. The third-order valence-electron chi connectivity index (χ3n) is 3.77. The summed E-state index contributed by atoms with van der Waals surface area (Å²) in [6, 6.07) is 0. The van der Waals surface area contributed by atoms with Crippen LogP contribution in [0.4, 0.5) is 5.82 Å². The van der Waals surface area contributed by atoms with Crippen LogP contribution in [0.2, 0.25) is 0 Å². The molecule has 19 heavy (non-hydrogen) atoms. The Morgan fingerprint density at radius 2 is 2.21 bits per heavy atom. The molecule has 1 aliphatic rings. The number of aryl methyl sites for hydroxylation is 1. The molecule has 1 atom stereocenters. The second-order valence-electron chi connectivity index (χ2n) is 5.26. The standard InChI is InChI=1S/C14H23N3O2/c1-4-11-16-12(14(18)19-5-2)13(15)17(11)8-9(3)10-6-7-10/h9-10H,4-8,15H2,1-3H3. The van der Waals surface area contributed by atoms with E-state index in [1.165, 1.54) is 12.8 Å². The first-order valence-electron chi connectivity index (χ1n) is 7.10. The van der Waals surface area contributed by atoms with Crippen molar-refractivity contribution in [2.75, 3.05) is 12.3 Å². The van der Waals surface area contributed by atoms with Crippen LogP contribution >= 0.6 is 0 Å². The molecular formula is C14H23N3O2. The molecule has 0 bridgehead atoms. The highest BCUT2D eigenvalue weighted by molar-refractivity contribution is 5.92. The maximum absolute atomic E-state index is 11.8. The Kier molecular flexibility index (Phi) is 4.12. The molecule has 2 rings (SSSR count). The number of anilines is 1. The molecule has 1 aromatic heterocycles. The number of hydrogen-bond acceptors (Lipinski definition) is 4. The molecular weight excluding hydrogens is 242 g/mol. The van der Waals surface area contributed by atoms with E-state index in [-0.39, 0.29) is 5.69 Å². The van der Waals surface area contributed by atoms with Crippen LogP contribution in [0.3, 0.4) is 0 Å². The minimum atomic E-state index is -0.424. The van der Waals surface area contributed by atoms with Gasteiger partial charge >= 0.3 is 5.97 Å². The first kappa shape index (κ1) is 13.9. The summed E-state index contributed by atoms with van der Waals surface area (Å²) in [5.41, 5.74) is 6.34. The lowest BCUT2D eigenvalue weighted by molar-refractivity contribution is 0.0521. The van der Waals surface area contributed by atoms with Crippen molar-refractivity contribution in [2.24, 2.45) is 11.8 Å². The van der Waals surface area contributed by atoms with Gasteiger partial charge in [-0.1, -0.05) is 13.8 Å². The van der Waals surface area contributed by atoms with Crippen molar-refractivity contribution in [1.82, 2.24) is 9.55 Å². The molecule has 1 saturated carbocycles. The minimum absolute atomic E-state index is 0.265. The lowest BCUT2D eigenvalue weighted by atomic mass is 10.1. The summed E-state index contributed by atoms with van der Waals surface area (Å²) in [4.78, 5) is 16.1. The number of nitrogens with two attached hydrogens (primary N) is 1. The van der Waals surface area contributed by atoms with E-state index < -0.39 is 5.97 Å². The van der Waals surface area contributed by atoms with Gasteiger partial charge in [0.25, 0.3) is 0 Å². The molecule has 0 saturated heterocycles. The van der Waals surface area contributed by atoms with Crippen molar-refractivity contribution in [3.63, 3.8) is 0 Å². The molecule has 0 aliphatic heterocycles. The smallest absolute Gasteiger partial charge is 0.360 e. The van der Waals surface area contributed by atoms with Gasteiger partial charge in [0.05, 0.1) is 6.61 Å². The molecule has 0 radical (unpaired) electrons. The van der Waals surface area contributed by atoms with E-state index >= 15 is 0 Å². The summed E-state index contributed by atoms with van der Waals surface area (Å²) in [6.07, 6.45) is 3.38. The topological polar surface area (TPSA) is 70.1 Å². The lowest BCUT2D eigenvalue weighted by Gasteiger charge is -2.14. The molecule has 0 aromatic carbocycles. The highest BCUT2D eigenvalue weighted by Gasteiger charge is 2.30. The van der Waals surface area contributed by atoms with Crippen LogP contribution in [0.5, 0.6) is 0 Å². The van der Waals surface area contributed by atoms with E-state index in [0.717, 1.165) is 24.7 Å². The van der Waals surface area contributed by atoms with Crippen molar-refractivity contribution in [3.05, 3.63) is 11.5 Å². The van der Waals surface area contributed by atoms with Crippen LogP contribution in [0.25, 0.3) is 0 Å². The summed E-state index contributed by atoms with van der Waals surface area (Å²) < 4.78 is 6.97. The zero-order valence-electron chi connectivity index (χ0n) is 12.0. The van der Waals surface area contributed by atoms with Crippen molar-refractivity contribution < 1.29 is 9.53 Å². The first-order chi connectivity index (χ1) is 9.08. The number of ether oxygens (including phenoxy) is 1. The Balaban J connectivity index is 2.22. The molecule has 1 aliphatic carbocycles. The molecule has 0 spiro atoms. The number of nitrogens with zero attached hydrogens (tertiary/aromatic N) is 2. The predicted molar refractivity (Wildman–Crippen MR) is 73.9 cm³/mol. The Morgan fingerprint density at radius 1 is 1.53 bits per heavy atom. The Labute approximate surface area is 114 Å². The molecule has 1 heterocycles. The molecule has 1 aromatic rings. The number of nitrogen functional groups attached to an aromatic ring is 1. The van der Waals surface area contributed by atoms with Crippen LogP contribution in [0, 0.1) is 11.8 Å². The van der Waals surface area contributed by atoms with Gasteiger partial charge in [-0.05, 0) is 31.6 Å². The van der Waals surface area contributed by atoms with Gasteiger partial charge < -0.3 is 15.0 Å². The number of aromatic nitrogens is 2. The number of rotatable bonds is 6. The van der Waals surface area contributed by atoms with Gasteiger partial charge in [-0.25, -0.2) is 9.78 Å². The van der Waals surface area contributed by atoms with E-state index in [2.05, 4.69) is 11.9 Å². The van der Waals surface area contributed by atoms with E-state index in [1.807, 2.05) is 11.5 Å². The first-order valence-corrected chi connectivity index (χ1v) is 7.10. The third-order valence-corrected chi connectivity index (χ3v) is 3.77. The van der Waals surface area contributed by atoms with E-state index in [9.17, 15) is 4.79 Å². The highest BCUT2D eigenvalue weighted by Crippen LogP contribution is 2.38. The third kappa shape index (κ3) is 2.91. The summed E-state index contributed by atoms with van der Waals surface area (Å²) >= 11 is 0. The van der Waals surface area contributed by atoms with Crippen LogP contribution in [0.15, 0.2) is 0 Å². The molecule has 2 N–H and O–H groups in total. The second kappa shape index (κ2) is 5.63. The molecule has 5 nitrogen and oxygen atoms in total. The zero-order chi connectivity index (χ0) is 14.0. The Bertz CT molecular complexity index is 464. The fourth-order valence-electron chi connectivity index (χ4n) is 2.44. The summed E-state index contributed by atoms with van der Waals surface area (Å²) in [5.74, 6) is 2.28. The fraction of sp³-hybridized carbons (Fsp3) is 0.714. The van der Waals surface area contributed by atoms with Crippen molar-refractivity contribution >= 4 is 11.8 Å². The lowest BCUT2D eigenvalue weighted by Crippen LogP contribution is -2.15. The number of carbonyl (C=O) groups is 1. The number of hydrogen-bond donors (Lipinski definition) is 1. The maximum atomic E-state index is 11.8. The summed E-state index contributed by atoms with van der Waals surface area (Å²) in [5, 5.41) is 0. The fourth-order valence-corrected chi connectivity index (χ4v) is 2.44. The van der Waals surface area contributed by atoms with Crippen LogP contribution in [-0.4, -0.2) is 22.1 Å². The quantitative estimate of drug-likeness (QED) is 0.801. The molecule has 5 heteroatoms. The highest BCUT2D eigenvalue weighted by atomic mass is 16.5. The van der Waals surface area contributed by atoms with Gasteiger partial charge in [0, 0.05) is 13.0 Å². The van der Waals surface area contributed by atoms with E-state index in [1.54, 1.807) is 6.92 Å². The van der Waals surface area contributed by atoms with Gasteiger partial charge in [0.2, 0.25) is 0 Å². The van der Waals surface area contributed by atoms with Crippen molar-refractivity contribution in [3.8, 4) is 0 Å². The summed E-state index contributed by atoms with van der Waals surface area (Å²) in [7, 11) is 0. The molecule has 1 unspecified atom stereocenters. The van der Waals surface area contributed by atoms with Gasteiger partial charge in [-0.2, -0.15) is 0 Å². The zero-order valence-corrected chi connectivity index (χ0v) is 12.0. The molecule has 106 valence electrons. The Morgan fingerprint density at radius 3 is 2.74 bits per heavy atom. The van der Waals surface area contributed by atoms with Gasteiger partial charge in [0.15, 0.2) is 5.69 Å². The minimum Gasteiger partial charge on any atom is -0.461 e. The van der Waals surface area contributed by atoms with Crippen LogP contribution in [0.1, 0.15) is 49.9 Å². The number of esters is 1. The van der Waals surface area contributed by atoms with E-state index in [4.69, 9.17) is 10.5 Å². The average molecular weight is 265 g/mol. The molecule has 0 amide bonds. The number of imidazole rings is 1. The van der Waals surface area contributed by atoms with Gasteiger partial charge in [0.1, 0.15) is 11.6 Å². The second-order valence-corrected chi connectivity index (χ2v) is 5.26. The van der Waals surface area contributed by atoms with Crippen LogP contribution in [-0.2, 0) is 17.7 Å². The van der Waals surface area contributed by atoms with Crippen molar-refractivity contribution in [1.29, 1.82) is 0 Å². The predicted octanol–water partition coefficient (Wildman–Crippen LogP) is 2.25. The molecule has 1 fully saturated rings. The Hall–Kier alpha value is -1.52. The largest absolute Gasteiger partial charge is 0.461 e. The van der Waals surface area contributed by atoms with E-state index in [0.29, 0.717) is 18.3 Å².